The Kier molecular flexibility index (Phi) is 3.19. The van der Waals surface area contributed by atoms with Crippen LogP contribution in [0.5, 0.6) is 5.75 Å². The minimum atomic E-state index is 0.0645. The molecule has 1 N–H and O–H groups in total. The number of hydrogen-bond acceptors (Lipinski definition) is 5. The van der Waals surface area contributed by atoms with Crippen LogP contribution >= 0.6 is 0 Å². The van der Waals surface area contributed by atoms with Gasteiger partial charge in [-0.15, -0.1) is 0 Å². The Hall–Kier alpha value is -1.91. The number of pyridine rings is 1. The predicted octanol–water partition coefficient (Wildman–Crippen LogP) is 3.13. The minimum Gasteiger partial charge on any atom is -0.505 e. The molecule has 19 heavy (non-hydrogen) atoms. The van der Waals surface area contributed by atoms with E-state index in [1.54, 1.807) is 12.3 Å². The third-order valence-corrected chi connectivity index (χ3v) is 3.77. The van der Waals surface area contributed by atoms with Crippen LogP contribution in [0.2, 0.25) is 0 Å². The number of hydrogen-bond donors (Lipinski definition) is 1. The third-order valence-electron chi connectivity index (χ3n) is 3.77. The second kappa shape index (κ2) is 4.99. The van der Waals surface area contributed by atoms with E-state index in [1.807, 2.05) is 0 Å². The minimum absolute atomic E-state index is 0.0645. The van der Waals surface area contributed by atoms with Crippen LogP contribution in [-0.4, -0.2) is 20.2 Å². The van der Waals surface area contributed by atoms with Crippen LogP contribution in [0.3, 0.4) is 0 Å². The molecule has 2 unspecified atom stereocenters. The number of rotatable bonds is 2. The highest BCUT2D eigenvalue weighted by Gasteiger charge is 2.25. The summed E-state index contributed by atoms with van der Waals surface area (Å²) in [4.78, 5) is 8.27. The van der Waals surface area contributed by atoms with Crippen molar-refractivity contribution in [2.45, 2.75) is 38.5 Å². The molecule has 0 saturated heterocycles. The first-order chi connectivity index (χ1) is 9.24. The zero-order valence-corrected chi connectivity index (χ0v) is 10.9. The topological polar surface area (TPSA) is 72.0 Å². The van der Waals surface area contributed by atoms with Crippen molar-refractivity contribution in [2.75, 3.05) is 0 Å². The van der Waals surface area contributed by atoms with E-state index in [-0.39, 0.29) is 5.75 Å². The first-order valence-electron chi connectivity index (χ1n) is 6.71. The maximum absolute atomic E-state index is 9.74. The van der Waals surface area contributed by atoms with Crippen molar-refractivity contribution in [2.24, 2.45) is 5.92 Å². The van der Waals surface area contributed by atoms with Gasteiger partial charge in [-0.1, -0.05) is 24.9 Å². The van der Waals surface area contributed by atoms with Crippen LogP contribution in [-0.2, 0) is 0 Å². The lowest BCUT2D eigenvalue weighted by molar-refractivity contribution is 0.324. The monoisotopic (exact) mass is 259 g/mol. The molecular formula is C14H17N3O2. The zero-order valence-electron chi connectivity index (χ0n) is 10.9. The third kappa shape index (κ3) is 2.45. The first kappa shape index (κ1) is 12.1. The highest BCUT2D eigenvalue weighted by Crippen LogP contribution is 2.36. The molecule has 0 radical (unpaired) electrons. The molecular weight excluding hydrogens is 242 g/mol. The van der Waals surface area contributed by atoms with E-state index < -0.39 is 0 Å². The van der Waals surface area contributed by atoms with Gasteiger partial charge in [0.2, 0.25) is 0 Å². The molecule has 2 heterocycles. The van der Waals surface area contributed by atoms with Crippen LogP contribution in [0.25, 0.3) is 11.5 Å². The van der Waals surface area contributed by atoms with Gasteiger partial charge >= 0.3 is 0 Å². The Balaban J connectivity index is 1.85. The fraction of sp³-hybridized carbons (Fsp3) is 0.500. The summed E-state index contributed by atoms with van der Waals surface area (Å²) in [6.45, 7) is 2.27. The molecule has 1 aliphatic rings. The zero-order chi connectivity index (χ0) is 13.2. The molecule has 5 nitrogen and oxygen atoms in total. The number of aromatic hydroxyl groups is 1. The van der Waals surface area contributed by atoms with Gasteiger partial charge in [0.25, 0.3) is 5.89 Å². The van der Waals surface area contributed by atoms with Gasteiger partial charge < -0.3 is 9.63 Å². The van der Waals surface area contributed by atoms with Crippen molar-refractivity contribution in [1.82, 2.24) is 15.1 Å². The maximum atomic E-state index is 9.74. The van der Waals surface area contributed by atoms with Crippen LogP contribution in [0.1, 0.15) is 44.3 Å². The Labute approximate surface area is 111 Å². The van der Waals surface area contributed by atoms with E-state index in [0.29, 0.717) is 17.4 Å². The summed E-state index contributed by atoms with van der Waals surface area (Å²) in [5.74, 6) is 2.29. The fourth-order valence-corrected chi connectivity index (χ4v) is 2.75. The smallest absolute Gasteiger partial charge is 0.261 e. The Morgan fingerprint density at radius 3 is 3.05 bits per heavy atom. The van der Waals surface area contributed by atoms with Crippen molar-refractivity contribution < 1.29 is 9.63 Å². The van der Waals surface area contributed by atoms with Crippen molar-refractivity contribution in [3.8, 4) is 17.2 Å². The summed E-state index contributed by atoms with van der Waals surface area (Å²) in [7, 11) is 0. The summed E-state index contributed by atoms with van der Waals surface area (Å²) >= 11 is 0. The predicted molar refractivity (Wildman–Crippen MR) is 69.6 cm³/mol. The molecule has 2 atom stereocenters. The lowest BCUT2D eigenvalue weighted by Crippen LogP contribution is -2.12. The van der Waals surface area contributed by atoms with Gasteiger partial charge in [0, 0.05) is 12.1 Å². The largest absolute Gasteiger partial charge is 0.505 e. The SMILES string of the molecule is CC1CCCC(c2noc(-c3ccncc3O)n2)C1. The van der Waals surface area contributed by atoms with Gasteiger partial charge in [-0.25, -0.2) is 0 Å². The van der Waals surface area contributed by atoms with Crippen LogP contribution in [0, 0.1) is 5.92 Å². The molecule has 0 amide bonds. The molecule has 0 aromatic carbocycles. The summed E-state index contributed by atoms with van der Waals surface area (Å²) in [5.41, 5.74) is 0.539. The Bertz CT molecular complexity index is 567. The summed E-state index contributed by atoms with van der Waals surface area (Å²) in [5, 5.41) is 13.8. The van der Waals surface area contributed by atoms with E-state index in [1.165, 1.54) is 19.0 Å². The average Bonchev–Trinajstić information content (AvgIpc) is 2.89. The van der Waals surface area contributed by atoms with Gasteiger partial charge in [-0.3, -0.25) is 4.98 Å². The fourth-order valence-electron chi connectivity index (χ4n) is 2.75. The van der Waals surface area contributed by atoms with Gasteiger partial charge in [0.1, 0.15) is 5.75 Å². The van der Waals surface area contributed by atoms with Gasteiger partial charge in [-0.2, -0.15) is 4.98 Å². The van der Waals surface area contributed by atoms with Crippen LogP contribution < -0.4 is 0 Å². The Morgan fingerprint density at radius 1 is 1.37 bits per heavy atom. The van der Waals surface area contributed by atoms with Crippen molar-refractivity contribution in [3.63, 3.8) is 0 Å². The summed E-state index contributed by atoms with van der Waals surface area (Å²) in [6.07, 6.45) is 7.71. The number of aromatic nitrogens is 3. The van der Waals surface area contributed by atoms with E-state index in [4.69, 9.17) is 4.52 Å². The molecule has 1 fully saturated rings. The average molecular weight is 259 g/mol. The summed E-state index contributed by atoms with van der Waals surface area (Å²) in [6, 6.07) is 1.68. The van der Waals surface area contributed by atoms with E-state index in [2.05, 4.69) is 22.0 Å². The van der Waals surface area contributed by atoms with Crippen LogP contribution in [0.15, 0.2) is 23.0 Å². The molecule has 5 heteroatoms. The van der Waals surface area contributed by atoms with Gasteiger partial charge in [0.05, 0.1) is 11.8 Å². The van der Waals surface area contributed by atoms with Crippen LogP contribution in [0.4, 0.5) is 0 Å². The molecule has 0 spiro atoms. The lowest BCUT2D eigenvalue weighted by atomic mass is 9.82. The number of nitrogens with zero attached hydrogens (tertiary/aromatic N) is 3. The summed E-state index contributed by atoms with van der Waals surface area (Å²) < 4.78 is 5.27. The van der Waals surface area contributed by atoms with E-state index in [0.717, 1.165) is 24.6 Å². The van der Waals surface area contributed by atoms with E-state index >= 15 is 0 Å². The van der Waals surface area contributed by atoms with E-state index in [9.17, 15) is 5.11 Å². The molecule has 0 bridgehead atoms. The maximum Gasteiger partial charge on any atom is 0.261 e. The Morgan fingerprint density at radius 2 is 2.26 bits per heavy atom. The molecule has 100 valence electrons. The van der Waals surface area contributed by atoms with Crippen molar-refractivity contribution >= 4 is 0 Å². The molecule has 1 saturated carbocycles. The first-order valence-corrected chi connectivity index (χ1v) is 6.71. The molecule has 2 aromatic rings. The quantitative estimate of drug-likeness (QED) is 0.897. The van der Waals surface area contributed by atoms with Crippen molar-refractivity contribution in [1.29, 1.82) is 0 Å². The normalized spacial score (nSPS) is 23.4. The molecule has 2 aromatic heterocycles. The van der Waals surface area contributed by atoms with Gasteiger partial charge in [0.15, 0.2) is 5.82 Å². The standard InChI is InChI=1S/C14H17N3O2/c1-9-3-2-4-10(7-9)13-16-14(19-17-13)11-5-6-15-8-12(11)18/h5-6,8-10,18H,2-4,7H2,1H3. The lowest BCUT2D eigenvalue weighted by Gasteiger charge is -2.23. The molecule has 0 aliphatic heterocycles. The second-order valence-corrected chi connectivity index (χ2v) is 5.32. The van der Waals surface area contributed by atoms with Gasteiger partial charge in [-0.05, 0) is 24.8 Å². The second-order valence-electron chi connectivity index (χ2n) is 5.32. The molecule has 3 rings (SSSR count). The highest BCUT2D eigenvalue weighted by molar-refractivity contribution is 5.60. The molecule has 1 aliphatic carbocycles. The van der Waals surface area contributed by atoms with Crippen molar-refractivity contribution in [3.05, 3.63) is 24.3 Å². The highest BCUT2D eigenvalue weighted by atomic mass is 16.5.